The normalized spacial score (nSPS) is 12.9. The molecule has 0 fully saturated rings. The monoisotopic (exact) mass is 224 g/mol. The van der Waals surface area contributed by atoms with Crippen LogP contribution >= 0.6 is 11.3 Å². The summed E-state index contributed by atoms with van der Waals surface area (Å²) in [5, 5.41) is 3.87. The van der Waals surface area contributed by atoms with Crippen LogP contribution in [0.1, 0.15) is 31.7 Å². The second-order valence-corrected chi connectivity index (χ2v) is 4.10. The van der Waals surface area contributed by atoms with Crippen molar-refractivity contribution < 1.29 is 4.52 Å². The lowest BCUT2D eigenvalue weighted by Crippen LogP contribution is -2.09. The topological polar surface area (TPSA) is 77.8 Å². The summed E-state index contributed by atoms with van der Waals surface area (Å²) in [6, 6.07) is -0.163. The van der Waals surface area contributed by atoms with E-state index in [1.54, 1.807) is 11.7 Å². The van der Waals surface area contributed by atoms with Crippen LogP contribution in [0.15, 0.2) is 16.2 Å². The van der Waals surface area contributed by atoms with Crippen molar-refractivity contribution in [1.82, 2.24) is 15.1 Å². The van der Waals surface area contributed by atoms with Crippen LogP contribution in [0, 0.1) is 0 Å². The molecule has 0 bridgehead atoms. The zero-order valence-electron chi connectivity index (χ0n) is 8.38. The molecule has 2 aromatic rings. The first-order valence-electron chi connectivity index (χ1n) is 4.79. The zero-order valence-corrected chi connectivity index (χ0v) is 9.20. The van der Waals surface area contributed by atoms with Gasteiger partial charge in [0.1, 0.15) is 0 Å². The van der Waals surface area contributed by atoms with E-state index in [9.17, 15) is 0 Å². The van der Waals surface area contributed by atoms with Crippen molar-refractivity contribution in [3.8, 4) is 10.7 Å². The molecule has 80 valence electrons. The van der Waals surface area contributed by atoms with Gasteiger partial charge in [-0.25, -0.2) is 0 Å². The van der Waals surface area contributed by atoms with Crippen LogP contribution in [-0.2, 0) is 0 Å². The molecule has 2 rings (SSSR count). The molecule has 1 atom stereocenters. The summed E-state index contributed by atoms with van der Waals surface area (Å²) in [7, 11) is 0. The van der Waals surface area contributed by atoms with E-state index in [4.69, 9.17) is 10.3 Å². The lowest BCUT2D eigenvalue weighted by atomic mass is 10.2. The standard InChI is InChI=1S/C9H12N4OS/c1-2-3-6(10)9-12-8(13-14-9)7-4-11-5-15-7/h4-6H,2-3,10H2,1H3/t6-/m0/s1. The van der Waals surface area contributed by atoms with E-state index >= 15 is 0 Å². The van der Waals surface area contributed by atoms with Crippen LogP contribution in [0.25, 0.3) is 10.7 Å². The molecule has 15 heavy (non-hydrogen) atoms. The fourth-order valence-corrected chi connectivity index (χ4v) is 1.79. The third-order valence-corrected chi connectivity index (χ3v) is 2.78. The van der Waals surface area contributed by atoms with Crippen molar-refractivity contribution in [1.29, 1.82) is 0 Å². The molecule has 2 N–H and O–H groups in total. The number of rotatable bonds is 4. The summed E-state index contributed by atoms with van der Waals surface area (Å²) in [6.45, 7) is 2.07. The Morgan fingerprint density at radius 2 is 2.47 bits per heavy atom. The molecule has 0 amide bonds. The van der Waals surface area contributed by atoms with E-state index in [1.807, 2.05) is 0 Å². The zero-order chi connectivity index (χ0) is 10.7. The lowest BCUT2D eigenvalue weighted by molar-refractivity contribution is 0.348. The molecule has 0 aliphatic heterocycles. The van der Waals surface area contributed by atoms with Gasteiger partial charge in [-0.3, -0.25) is 4.98 Å². The maximum Gasteiger partial charge on any atom is 0.243 e. The van der Waals surface area contributed by atoms with Crippen LogP contribution in [-0.4, -0.2) is 15.1 Å². The summed E-state index contributed by atoms with van der Waals surface area (Å²) in [6.07, 6.45) is 3.56. The third-order valence-electron chi connectivity index (χ3n) is 2.01. The highest BCUT2D eigenvalue weighted by atomic mass is 32.1. The molecule has 0 unspecified atom stereocenters. The van der Waals surface area contributed by atoms with Crippen LogP contribution in [0.4, 0.5) is 0 Å². The van der Waals surface area contributed by atoms with E-state index < -0.39 is 0 Å². The summed E-state index contributed by atoms with van der Waals surface area (Å²) >= 11 is 1.48. The van der Waals surface area contributed by atoms with Crippen LogP contribution < -0.4 is 5.73 Å². The van der Waals surface area contributed by atoms with Crippen molar-refractivity contribution in [2.24, 2.45) is 5.73 Å². The maximum atomic E-state index is 5.86. The molecule has 2 heterocycles. The molecule has 0 aromatic carbocycles. The highest BCUT2D eigenvalue weighted by Gasteiger charge is 2.15. The Kier molecular flexibility index (Phi) is 3.08. The first-order valence-corrected chi connectivity index (χ1v) is 5.67. The molecule has 0 aliphatic carbocycles. The van der Waals surface area contributed by atoms with Gasteiger partial charge in [-0.1, -0.05) is 18.5 Å². The number of hydrogen-bond donors (Lipinski definition) is 1. The molecule has 0 saturated carbocycles. The SMILES string of the molecule is CCC[C@H](N)c1nc(-c2cncs2)no1. The molecule has 0 radical (unpaired) electrons. The van der Waals surface area contributed by atoms with Crippen molar-refractivity contribution in [2.75, 3.05) is 0 Å². The highest BCUT2D eigenvalue weighted by Crippen LogP contribution is 2.22. The Hall–Kier alpha value is -1.27. The number of nitrogens with zero attached hydrogens (tertiary/aromatic N) is 3. The quantitative estimate of drug-likeness (QED) is 0.859. The van der Waals surface area contributed by atoms with Gasteiger partial charge < -0.3 is 10.3 Å². The summed E-state index contributed by atoms with van der Waals surface area (Å²) in [5.41, 5.74) is 7.60. The van der Waals surface area contributed by atoms with Gasteiger partial charge in [-0.15, -0.1) is 11.3 Å². The van der Waals surface area contributed by atoms with Gasteiger partial charge in [0.2, 0.25) is 11.7 Å². The average molecular weight is 224 g/mol. The number of thiazole rings is 1. The summed E-state index contributed by atoms with van der Waals surface area (Å²) in [5.74, 6) is 1.07. The molecule has 2 aromatic heterocycles. The predicted molar refractivity (Wildman–Crippen MR) is 57.2 cm³/mol. The number of hydrogen-bond acceptors (Lipinski definition) is 6. The van der Waals surface area contributed by atoms with E-state index in [-0.39, 0.29) is 6.04 Å². The Bertz CT molecular complexity index is 411. The number of nitrogens with two attached hydrogens (primary N) is 1. The molecule has 0 saturated heterocycles. The van der Waals surface area contributed by atoms with E-state index in [0.717, 1.165) is 17.7 Å². The fourth-order valence-electron chi connectivity index (χ4n) is 1.25. The van der Waals surface area contributed by atoms with Crippen LogP contribution in [0.2, 0.25) is 0 Å². The highest BCUT2D eigenvalue weighted by molar-refractivity contribution is 7.13. The molecular weight excluding hydrogens is 212 g/mol. The maximum absolute atomic E-state index is 5.86. The van der Waals surface area contributed by atoms with Crippen LogP contribution in [0.3, 0.4) is 0 Å². The first-order chi connectivity index (χ1) is 7.31. The van der Waals surface area contributed by atoms with Crippen molar-refractivity contribution in [3.63, 3.8) is 0 Å². The van der Waals surface area contributed by atoms with E-state index in [1.165, 1.54) is 11.3 Å². The van der Waals surface area contributed by atoms with E-state index in [0.29, 0.717) is 11.7 Å². The van der Waals surface area contributed by atoms with Gasteiger partial charge in [-0.05, 0) is 6.42 Å². The van der Waals surface area contributed by atoms with Gasteiger partial charge in [0.15, 0.2) is 0 Å². The summed E-state index contributed by atoms with van der Waals surface area (Å²) < 4.78 is 5.10. The van der Waals surface area contributed by atoms with Gasteiger partial charge in [0.05, 0.1) is 16.4 Å². The van der Waals surface area contributed by atoms with Gasteiger partial charge in [-0.2, -0.15) is 4.98 Å². The van der Waals surface area contributed by atoms with Gasteiger partial charge in [0.25, 0.3) is 0 Å². The van der Waals surface area contributed by atoms with Crippen molar-refractivity contribution >= 4 is 11.3 Å². The molecule has 5 nitrogen and oxygen atoms in total. The minimum Gasteiger partial charge on any atom is -0.337 e. The Labute approximate surface area is 91.3 Å². The van der Waals surface area contributed by atoms with Crippen molar-refractivity contribution in [2.45, 2.75) is 25.8 Å². The second kappa shape index (κ2) is 4.50. The Balaban J connectivity index is 2.17. The smallest absolute Gasteiger partial charge is 0.243 e. The minimum absolute atomic E-state index is 0.163. The Morgan fingerprint density at radius 3 is 3.13 bits per heavy atom. The van der Waals surface area contributed by atoms with Crippen LogP contribution in [0.5, 0.6) is 0 Å². The van der Waals surface area contributed by atoms with Gasteiger partial charge in [0, 0.05) is 6.20 Å². The third kappa shape index (κ3) is 2.21. The second-order valence-electron chi connectivity index (χ2n) is 3.22. The Morgan fingerprint density at radius 1 is 1.60 bits per heavy atom. The predicted octanol–water partition coefficient (Wildman–Crippen LogP) is 1.99. The average Bonchev–Trinajstić information content (AvgIpc) is 2.89. The molecule has 0 spiro atoms. The minimum atomic E-state index is -0.163. The summed E-state index contributed by atoms with van der Waals surface area (Å²) in [4.78, 5) is 9.09. The van der Waals surface area contributed by atoms with E-state index in [2.05, 4.69) is 22.0 Å². The lowest BCUT2D eigenvalue weighted by Gasteiger charge is -2.01. The number of aromatic nitrogens is 3. The van der Waals surface area contributed by atoms with Crippen molar-refractivity contribution in [3.05, 3.63) is 17.6 Å². The molecular formula is C9H12N4OS. The molecule has 6 heteroatoms. The first kappa shape index (κ1) is 10.3. The fraction of sp³-hybridized carbons (Fsp3) is 0.444. The molecule has 0 aliphatic rings. The van der Waals surface area contributed by atoms with Gasteiger partial charge >= 0.3 is 0 Å². The largest absolute Gasteiger partial charge is 0.337 e.